The van der Waals surface area contributed by atoms with Crippen molar-refractivity contribution in [2.75, 3.05) is 18.4 Å². The van der Waals surface area contributed by atoms with Gasteiger partial charge in [0.15, 0.2) is 0 Å². The molecule has 0 aliphatic carbocycles. The second-order valence-electron chi connectivity index (χ2n) is 5.99. The van der Waals surface area contributed by atoms with Gasteiger partial charge in [0, 0.05) is 31.3 Å². The molecule has 22 heavy (non-hydrogen) atoms. The van der Waals surface area contributed by atoms with E-state index in [1.165, 1.54) is 0 Å². The molecule has 1 aliphatic heterocycles. The van der Waals surface area contributed by atoms with Crippen molar-refractivity contribution >= 4 is 17.5 Å². The van der Waals surface area contributed by atoms with E-state index in [-0.39, 0.29) is 23.7 Å². The van der Waals surface area contributed by atoms with Crippen molar-refractivity contribution in [2.45, 2.75) is 40.0 Å². The summed E-state index contributed by atoms with van der Waals surface area (Å²) in [6.07, 6.45) is 5.47. The molecule has 0 saturated carbocycles. The maximum Gasteiger partial charge on any atom is 0.227 e. The number of nitrogens with one attached hydrogen (secondary N) is 1. The van der Waals surface area contributed by atoms with Crippen LogP contribution < -0.4 is 5.32 Å². The lowest BCUT2D eigenvalue weighted by Crippen LogP contribution is -2.43. The van der Waals surface area contributed by atoms with Crippen molar-refractivity contribution in [3.8, 4) is 0 Å². The first-order chi connectivity index (χ1) is 10.5. The van der Waals surface area contributed by atoms with Crippen molar-refractivity contribution < 1.29 is 9.59 Å². The second-order valence-corrected chi connectivity index (χ2v) is 5.99. The molecule has 1 fully saturated rings. The third-order valence-electron chi connectivity index (χ3n) is 3.96. The van der Waals surface area contributed by atoms with Crippen LogP contribution in [0.4, 0.5) is 5.69 Å². The number of anilines is 1. The Bertz CT molecular complexity index is 519. The van der Waals surface area contributed by atoms with Gasteiger partial charge in [-0.15, -0.1) is 0 Å². The van der Waals surface area contributed by atoms with E-state index >= 15 is 0 Å². The minimum atomic E-state index is -0.0536. The summed E-state index contributed by atoms with van der Waals surface area (Å²) in [6, 6.07) is 0. The first kappa shape index (κ1) is 16.4. The first-order valence-electron chi connectivity index (χ1n) is 7.91. The molecule has 0 aromatic carbocycles. The molecule has 0 bridgehead atoms. The maximum atomic E-state index is 12.3. The Kier molecular flexibility index (Phi) is 5.46. The molecule has 1 aliphatic rings. The summed E-state index contributed by atoms with van der Waals surface area (Å²) in [5, 5.41) is 2.86. The number of rotatable bonds is 4. The number of hydrogen-bond donors (Lipinski definition) is 1. The molecule has 0 atom stereocenters. The standard InChI is InChI=1S/C16H24N4O2/c1-4-14-17-9-13(10-18-14)19-15(21)12-5-7-20(8-6-12)16(22)11(2)3/h9-12H,4-8H2,1-3H3,(H,19,21). The van der Waals surface area contributed by atoms with Gasteiger partial charge in [-0.05, 0) is 12.8 Å². The summed E-state index contributed by atoms with van der Waals surface area (Å²) >= 11 is 0. The monoisotopic (exact) mass is 304 g/mol. The van der Waals surface area contributed by atoms with Crippen LogP contribution in [0.15, 0.2) is 12.4 Å². The van der Waals surface area contributed by atoms with E-state index in [4.69, 9.17) is 0 Å². The lowest BCUT2D eigenvalue weighted by Gasteiger charge is -2.32. The highest BCUT2D eigenvalue weighted by molar-refractivity contribution is 5.92. The Morgan fingerprint density at radius 1 is 1.27 bits per heavy atom. The molecule has 0 radical (unpaired) electrons. The van der Waals surface area contributed by atoms with Crippen LogP contribution in [0.1, 0.15) is 39.4 Å². The van der Waals surface area contributed by atoms with Crippen molar-refractivity contribution in [1.82, 2.24) is 14.9 Å². The zero-order valence-corrected chi connectivity index (χ0v) is 13.5. The molecule has 6 nitrogen and oxygen atoms in total. The Labute approximate surface area is 131 Å². The van der Waals surface area contributed by atoms with Gasteiger partial charge in [0.1, 0.15) is 5.82 Å². The fraction of sp³-hybridized carbons (Fsp3) is 0.625. The number of carbonyl (C=O) groups excluding carboxylic acids is 2. The summed E-state index contributed by atoms with van der Waals surface area (Å²) in [5.41, 5.74) is 0.628. The van der Waals surface area contributed by atoms with Crippen LogP contribution in [0.5, 0.6) is 0 Å². The zero-order valence-electron chi connectivity index (χ0n) is 13.5. The van der Waals surface area contributed by atoms with Crippen molar-refractivity contribution in [2.24, 2.45) is 11.8 Å². The molecule has 1 N–H and O–H groups in total. The summed E-state index contributed by atoms with van der Waals surface area (Å²) in [7, 11) is 0. The maximum absolute atomic E-state index is 12.3. The smallest absolute Gasteiger partial charge is 0.227 e. The van der Waals surface area contributed by atoms with Gasteiger partial charge < -0.3 is 10.2 Å². The molecule has 2 rings (SSSR count). The predicted molar refractivity (Wildman–Crippen MR) is 84.2 cm³/mol. The third kappa shape index (κ3) is 4.02. The number of likely N-dealkylation sites (tertiary alicyclic amines) is 1. The van der Waals surface area contributed by atoms with E-state index < -0.39 is 0 Å². The molecule has 1 saturated heterocycles. The largest absolute Gasteiger partial charge is 0.342 e. The second kappa shape index (κ2) is 7.33. The molecule has 0 spiro atoms. The van der Waals surface area contributed by atoms with Gasteiger partial charge in [0.05, 0.1) is 18.1 Å². The van der Waals surface area contributed by atoms with Crippen LogP contribution in [0, 0.1) is 11.8 Å². The Balaban J connectivity index is 1.85. The number of carbonyl (C=O) groups is 2. The van der Waals surface area contributed by atoms with E-state index in [0.717, 1.165) is 12.2 Å². The van der Waals surface area contributed by atoms with Gasteiger partial charge in [-0.1, -0.05) is 20.8 Å². The van der Waals surface area contributed by atoms with Gasteiger partial charge in [-0.2, -0.15) is 0 Å². The fourth-order valence-corrected chi connectivity index (χ4v) is 2.57. The van der Waals surface area contributed by atoms with Gasteiger partial charge in [-0.25, -0.2) is 9.97 Å². The Morgan fingerprint density at radius 3 is 2.36 bits per heavy atom. The normalized spacial score (nSPS) is 15.9. The van der Waals surface area contributed by atoms with Gasteiger partial charge in [0.25, 0.3) is 0 Å². The lowest BCUT2D eigenvalue weighted by atomic mass is 9.95. The minimum absolute atomic E-state index is 0.00973. The van der Waals surface area contributed by atoms with Crippen molar-refractivity contribution in [3.05, 3.63) is 18.2 Å². The average molecular weight is 304 g/mol. The fourth-order valence-electron chi connectivity index (χ4n) is 2.57. The first-order valence-corrected chi connectivity index (χ1v) is 7.91. The molecule has 2 heterocycles. The Hall–Kier alpha value is -1.98. The highest BCUT2D eigenvalue weighted by atomic mass is 16.2. The number of nitrogens with zero attached hydrogens (tertiary/aromatic N) is 3. The number of aryl methyl sites for hydroxylation is 1. The number of amides is 2. The van der Waals surface area contributed by atoms with Crippen LogP contribution in [-0.4, -0.2) is 39.8 Å². The SMILES string of the molecule is CCc1ncc(NC(=O)C2CCN(C(=O)C(C)C)CC2)cn1. The quantitative estimate of drug-likeness (QED) is 0.921. The van der Waals surface area contributed by atoms with Crippen molar-refractivity contribution in [3.63, 3.8) is 0 Å². The Morgan fingerprint density at radius 2 is 1.86 bits per heavy atom. The molecule has 0 unspecified atom stereocenters. The molecular formula is C16H24N4O2. The predicted octanol–water partition coefficient (Wildman–Crippen LogP) is 1.87. The van der Waals surface area contributed by atoms with E-state index in [1.54, 1.807) is 12.4 Å². The minimum Gasteiger partial charge on any atom is -0.342 e. The van der Waals surface area contributed by atoms with Crippen LogP contribution in [-0.2, 0) is 16.0 Å². The van der Waals surface area contributed by atoms with Crippen LogP contribution in [0.2, 0.25) is 0 Å². The number of aromatic nitrogens is 2. The highest BCUT2D eigenvalue weighted by Gasteiger charge is 2.28. The van der Waals surface area contributed by atoms with Crippen molar-refractivity contribution in [1.29, 1.82) is 0 Å². The summed E-state index contributed by atoms with van der Waals surface area (Å²) in [5.74, 6) is 0.882. The molecular weight excluding hydrogens is 280 g/mol. The number of hydrogen-bond acceptors (Lipinski definition) is 4. The zero-order chi connectivity index (χ0) is 16.1. The molecule has 1 aromatic rings. The molecule has 120 valence electrons. The van der Waals surface area contributed by atoms with Gasteiger partial charge in [0.2, 0.25) is 11.8 Å². The van der Waals surface area contributed by atoms with Gasteiger partial charge >= 0.3 is 0 Å². The third-order valence-corrected chi connectivity index (χ3v) is 3.96. The van der Waals surface area contributed by atoms with E-state index in [2.05, 4.69) is 15.3 Å². The molecule has 6 heteroatoms. The van der Waals surface area contributed by atoms with Crippen LogP contribution >= 0.6 is 0 Å². The van der Waals surface area contributed by atoms with E-state index in [0.29, 0.717) is 31.6 Å². The highest BCUT2D eigenvalue weighted by Crippen LogP contribution is 2.20. The molecule has 2 amide bonds. The average Bonchev–Trinajstić information content (AvgIpc) is 2.55. The summed E-state index contributed by atoms with van der Waals surface area (Å²) in [4.78, 5) is 34.4. The summed E-state index contributed by atoms with van der Waals surface area (Å²) < 4.78 is 0. The topological polar surface area (TPSA) is 75.2 Å². The van der Waals surface area contributed by atoms with Gasteiger partial charge in [-0.3, -0.25) is 9.59 Å². The number of piperidine rings is 1. The van der Waals surface area contributed by atoms with E-state index in [9.17, 15) is 9.59 Å². The summed E-state index contributed by atoms with van der Waals surface area (Å²) in [6.45, 7) is 7.10. The molecule has 1 aromatic heterocycles. The van der Waals surface area contributed by atoms with Crippen LogP contribution in [0.3, 0.4) is 0 Å². The van der Waals surface area contributed by atoms with Crippen LogP contribution in [0.25, 0.3) is 0 Å². The lowest BCUT2D eigenvalue weighted by molar-refractivity contribution is -0.137. The van der Waals surface area contributed by atoms with E-state index in [1.807, 2.05) is 25.7 Å².